The second-order valence-electron chi connectivity index (χ2n) is 3.64. The summed E-state index contributed by atoms with van der Waals surface area (Å²) in [5.74, 6) is 5.98. The number of halogens is 1. The molecule has 1 unspecified atom stereocenters. The van der Waals surface area contributed by atoms with E-state index in [1.165, 1.54) is 5.56 Å². The van der Waals surface area contributed by atoms with Crippen molar-refractivity contribution in [3.05, 3.63) is 34.3 Å². The van der Waals surface area contributed by atoms with Gasteiger partial charge in [-0.2, -0.15) is 0 Å². The number of hydrogen-bond donors (Lipinski definition) is 1. The van der Waals surface area contributed by atoms with Crippen LogP contribution in [0.5, 0.6) is 0 Å². The molecule has 1 atom stereocenters. The van der Waals surface area contributed by atoms with Crippen LogP contribution in [-0.4, -0.2) is 6.54 Å². The Kier molecular flexibility index (Phi) is 6.22. The zero-order chi connectivity index (χ0) is 11.8. The molecule has 0 aliphatic carbocycles. The molecular formula is C14H18BrN. The van der Waals surface area contributed by atoms with Gasteiger partial charge in [-0.3, -0.25) is 0 Å². The molecule has 0 amide bonds. The van der Waals surface area contributed by atoms with Gasteiger partial charge in [0.2, 0.25) is 0 Å². The van der Waals surface area contributed by atoms with Crippen LogP contribution in [0.1, 0.15) is 38.3 Å². The van der Waals surface area contributed by atoms with Crippen molar-refractivity contribution in [2.24, 2.45) is 0 Å². The lowest BCUT2D eigenvalue weighted by Gasteiger charge is -2.16. The minimum Gasteiger partial charge on any atom is -0.309 e. The molecule has 1 aromatic carbocycles. The Morgan fingerprint density at radius 1 is 1.31 bits per heavy atom. The van der Waals surface area contributed by atoms with Gasteiger partial charge in [-0.15, -0.1) is 11.8 Å². The van der Waals surface area contributed by atoms with E-state index in [0.29, 0.717) is 6.04 Å². The van der Waals surface area contributed by atoms with Gasteiger partial charge in [-0.05, 0) is 31.0 Å². The van der Waals surface area contributed by atoms with Crippen LogP contribution in [0.25, 0.3) is 0 Å². The lowest BCUT2D eigenvalue weighted by atomic mass is 10.0. The summed E-state index contributed by atoms with van der Waals surface area (Å²) in [5, 5.41) is 3.52. The summed E-state index contributed by atoms with van der Waals surface area (Å²) in [6.45, 7) is 5.03. The molecule has 0 heterocycles. The number of rotatable bonds is 5. The van der Waals surface area contributed by atoms with E-state index < -0.39 is 0 Å². The Labute approximate surface area is 107 Å². The van der Waals surface area contributed by atoms with Crippen molar-refractivity contribution in [1.82, 2.24) is 5.32 Å². The third-order valence-corrected chi connectivity index (χ3v) is 3.03. The van der Waals surface area contributed by atoms with E-state index in [-0.39, 0.29) is 0 Å². The lowest BCUT2D eigenvalue weighted by Crippen LogP contribution is -2.21. The maximum absolute atomic E-state index is 3.52. The fourth-order valence-electron chi connectivity index (χ4n) is 1.63. The number of hydrogen-bond acceptors (Lipinski definition) is 1. The van der Waals surface area contributed by atoms with Gasteiger partial charge in [0.1, 0.15) is 0 Å². The van der Waals surface area contributed by atoms with Crippen LogP contribution in [0, 0.1) is 11.8 Å². The summed E-state index contributed by atoms with van der Waals surface area (Å²) in [6, 6.07) is 8.94. The topological polar surface area (TPSA) is 12.0 Å². The molecule has 0 aliphatic heterocycles. The van der Waals surface area contributed by atoms with Crippen LogP contribution in [0.2, 0.25) is 0 Å². The summed E-state index contributed by atoms with van der Waals surface area (Å²) >= 11 is 3.45. The molecule has 0 saturated carbocycles. The van der Waals surface area contributed by atoms with Crippen LogP contribution in [0.15, 0.2) is 28.7 Å². The average Bonchev–Trinajstić information content (AvgIpc) is 2.31. The standard InChI is InChI=1S/C14H18BrN/c1-3-5-6-11-16-14(4-2)12-7-9-13(15)10-8-12/h7-10,14,16H,4,6,11H2,1-2H3. The first-order chi connectivity index (χ1) is 7.77. The first-order valence-electron chi connectivity index (χ1n) is 5.66. The highest BCUT2D eigenvalue weighted by atomic mass is 79.9. The minimum absolute atomic E-state index is 0.437. The van der Waals surface area contributed by atoms with Crippen LogP contribution >= 0.6 is 15.9 Å². The predicted octanol–water partition coefficient (Wildman–Crippen LogP) is 3.90. The SMILES string of the molecule is CC#CCCNC(CC)c1ccc(Br)cc1. The van der Waals surface area contributed by atoms with Gasteiger partial charge in [0.25, 0.3) is 0 Å². The Bertz CT molecular complexity index is 359. The molecule has 1 N–H and O–H groups in total. The molecule has 1 nitrogen and oxygen atoms in total. The largest absolute Gasteiger partial charge is 0.309 e. The van der Waals surface area contributed by atoms with Crippen LogP contribution in [0.4, 0.5) is 0 Å². The maximum atomic E-state index is 3.52. The summed E-state index contributed by atoms with van der Waals surface area (Å²) < 4.78 is 1.13. The van der Waals surface area contributed by atoms with Crippen molar-refractivity contribution in [1.29, 1.82) is 0 Å². The molecule has 86 valence electrons. The van der Waals surface area contributed by atoms with Crippen molar-refractivity contribution >= 4 is 15.9 Å². The van der Waals surface area contributed by atoms with E-state index >= 15 is 0 Å². The van der Waals surface area contributed by atoms with E-state index in [2.05, 4.69) is 64.3 Å². The van der Waals surface area contributed by atoms with Gasteiger partial charge >= 0.3 is 0 Å². The van der Waals surface area contributed by atoms with Crippen molar-refractivity contribution in [2.45, 2.75) is 32.7 Å². The van der Waals surface area contributed by atoms with Gasteiger partial charge in [-0.1, -0.05) is 35.0 Å². The molecule has 1 aromatic rings. The molecule has 1 rings (SSSR count). The molecule has 0 bridgehead atoms. The monoisotopic (exact) mass is 279 g/mol. The van der Waals surface area contributed by atoms with Gasteiger partial charge in [0.15, 0.2) is 0 Å². The van der Waals surface area contributed by atoms with E-state index in [4.69, 9.17) is 0 Å². The highest BCUT2D eigenvalue weighted by Crippen LogP contribution is 2.19. The quantitative estimate of drug-likeness (QED) is 0.637. The molecule has 0 aliphatic rings. The summed E-state index contributed by atoms with van der Waals surface area (Å²) in [5.41, 5.74) is 1.34. The fraction of sp³-hybridized carbons (Fsp3) is 0.429. The summed E-state index contributed by atoms with van der Waals surface area (Å²) in [4.78, 5) is 0. The van der Waals surface area contributed by atoms with E-state index in [1.54, 1.807) is 0 Å². The van der Waals surface area contributed by atoms with E-state index in [1.807, 2.05) is 6.92 Å². The first kappa shape index (κ1) is 13.3. The Morgan fingerprint density at radius 3 is 2.56 bits per heavy atom. The Morgan fingerprint density at radius 2 is 2.00 bits per heavy atom. The number of benzene rings is 1. The molecule has 0 aromatic heterocycles. The summed E-state index contributed by atoms with van der Waals surface area (Å²) in [6.07, 6.45) is 2.02. The van der Waals surface area contributed by atoms with Gasteiger partial charge in [0, 0.05) is 23.5 Å². The van der Waals surface area contributed by atoms with Gasteiger partial charge < -0.3 is 5.32 Å². The highest BCUT2D eigenvalue weighted by Gasteiger charge is 2.07. The van der Waals surface area contributed by atoms with E-state index in [0.717, 1.165) is 23.9 Å². The van der Waals surface area contributed by atoms with Crippen LogP contribution < -0.4 is 5.32 Å². The molecule has 0 saturated heterocycles. The Hall–Kier alpha value is -0.780. The third kappa shape index (κ3) is 4.38. The molecular weight excluding hydrogens is 262 g/mol. The average molecular weight is 280 g/mol. The maximum Gasteiger partial charge on any atom is 0.0318 e. The second kappa shape index (κ2) is 7.49. The zero-order valence-corrected chi connectivity index (χ0v) is 11.5. The molecule has 0 radical (unpaired) electrons. The summed E-state index contributed by atoms with van der Waals surface area (Å²) in [7, 11) is 0. The Balaban J connectivity index is 2.52. The number of nitrogens with one attached hydrogen (secondary N) is 1. The van der Waals surface area contributed by atoms with Crippen molar-refractivity contribution in [3.8, 4) is 11.8 Å². The molecule has 0 fully saturated rings. The first-order valence-corrected chi connectivity index (χ1v) is 6.45. The van der Waals surface area contributed by atoms with E-state index in [9.17, 15) is 0 Å². The van der Waals surface area contributed by atoms with Crippen molar-refractivity contribution < 1.29 is 0 Å². The molecule has 0 spiro atoms. The molecule has 2 heteroatoms. The normalized spacial score (nSPS) is 11.7. The lowest BCUT2D eigenvalue weighted by molar-refractivity contribution is 0.527. The highest BCUT2D eigenvalue weighted by molar-refractivity contribution is 9.10. The molecule has 16 heavy (non-hydrogen) atoms. The van der Waals surface area contributed by atoms with Gasteiger partial charge in [0.05, 0.1) is 0 Å². The second-order valence-corrected chi connectivity index (χ2v) is 4.56. The van der Waals surface area contributed by atoms with Crippen LogP contribution in [0.3, 0.4) is 0 Å². The van der Waals surface area contributed by atoms with Crippen molar-refractivity contribution in [2.75, 3.05) is 6.54 Å². The minimum atomic E-state index is 0.437. The fourth-order valence-corrected chi connectivity index (χ4v) is 1.89. The third-order valence-electron chi connectivity index (χ3n) is 2.50. The van der Waals surface area contributed by atoms with Crippen LogP contribution in [-0.2, 0) is 0 Å². The predicted molar refractivity (Wildman–Crippen MR) is 73.2 cm³/mol. The van der Waals surface area contributed by atoms with Gasteiger partial charge in [-0.25, -0.2) is 0 Å². The smallest absolute Gasteiger partial charge is 0.0318 e. The zero-order valence-electron chi connectivity index (χ0n) is 9.89. The van der Waals surface area contributed by atoms with Crippen molar-refractivity contribution in [3.63, 3.8) is 0 Å².